The molecule has 0 aromatic heterocycles. The smallest absolute Gasteiger partial charge is 0.303 e. The first-order chi connectivity index (χ1) is 15.2. The Bertz CT molecular complexity index is 1140. The molecule has 0 amide bonds. The van der Waals surface area contributed by atoms with Crippen LogP contribution in [0.2, 0.25) is 0 Å². The fourth-order valence-corrected chi connectivity index (χ4v) is 5.15. The lowest BCUT2D eigenvalue weighted by atomic mass is 9.87. The van der Waals surface area contributed by atoms with Gasteiger partial charge in [-0.15, -0.1) is 0 Å². The number of aliphatic carboxylic acids is 1. The summed E-state index contributed by atoms with van der Waals surface area (Å²) < 4.78 is 0. The Hall–Kier alpha value is -3.22. The highest BCUT2D eigenvalue weighted by Gasteiger charge is 2.17. The topological polar surface area (TPSA) is 37.3 Å². The van der Waals surface area contributed by atoms with Crippen molar-refractivity contribution >= 4 is 19.9 Å². The van der Waals surface area contributed by atoms with E-state index < -0.39 is 5.97 Å². The predicted molar refractivity (Wildman–Crippen MR) is 132 cm³/mol. The van der Waals surface area contributed by atoms with Gasteiger partial charge in [0.2, 0.25) is 0 Å². The van der Waals surface area contributed by atoms with Gasteiger partial charge in [-0.3, -0.25) is 4.79 Å². The van der Waals surface area contributed by atoms with Gasteiger partial charge in [-0.05, 0) is 51.3 Å². The van der Waals surface area contributed by atoms with Crippen molar-refractivity contribution in [1.82, 2.24) is 0 Å². The van der Waals surface area contributed by atoms with Crippen molar-refractivity contribution < 1.29 is 9.90 Å². The first kappa shape index (κ1) is 21.0. The monoisotopic (exact) mass is 424 g/mol. The second kappa shape index (κ2) is 10.2. The zero-order valence-electron chi connectivity index (χ0n) is 17.3. The maximum absolute atomic E-state index is 10.9. The van der Waals surface area contributed by atoms with Gasteiger partial charge >= 0.3 is 5.97 Å². The molecule has 4 rings (SSSR count). The molecule has 31 heavy (non-hydrogen) atoms. The number of carbonyl (C=O) groups is 1. The number of carboxylic acids is 1. The Balaban J connectivity index is 1.90. The molecule has 4 aromatic carbocycles. The van der Waals surface area contributed by atoms with Crippen LogP contribution in [-0.4, -0.2) is 17.2 Å². The molecule has 2 nitrogen and oxygen atoms in total. The van der Waals surface area contributed by atoms with E-state index in [4.69, 9.17) is 5.11 Å². The Kier molecular flexibility index (Phi) is 6.92. The SMILES string of the molecule is O=C(O)CCCPc1ccc(-c2ccccc2)c(-c2ccccc2)c1-c1ccccc1. The second-order valence-electron chi connectivity index (χ2n) is 7.43. The number of hydrogen-bond donors (Lipinski definition) is 1. The van der Waals surface area contributed by atoms with Crippen molar-refractivity contribution in [3.8, 4) is 33.4 Å². The van der Waals surface area contributed by atoms with Gasteiger partial charge in [0.15, 0.2) is 0 Å². The third kappa shape index (κ3) is 5.10. The van der Waals surface area contributed by atoms with Gasteiger partial charge < -0.3 is 5.11 Å². The molecule has 0 fully saturated rings. The first-order valence-electron chi connectivity index (χ1n) is 10.5. The fourth-order valence-electron chi connectivity index (χ4n) is 3.88. The van der Waals surface area contributed by atoms with Crippen LogP contribution in [0.15, 0.2) is 103 Å². The number of benzene rings is 4. The molecule has 1 atom stereocenters. The quantitative estimate of drug-likeness (QED) is 0.248. The summed E-state index contributed by atoms with van der Waals surface area (Å²) in [6, 6.07) is 36.1. The molecular weight excluding hydrogens is 399 g/mol. The molecule has 1 N–H and O–H groups in total. The summed E-state index contributed by atoms with van der Waals surface area (Å²) in [7, 11) is 0.560. The Morgan fingerprint density at radius 3 is 1.71 bits per heavy atom. The molecule has 0 saturated heterocycles. The van der Waals surface area contributed by atoms with E-state index in [1.165, 1.54) is 38.7 Å². The van der Waals surface area contributed by atoms with E-state index >= 15 is 0 Å². The summed E-state index contributed by atoms with van der Waals surface area (Å²) in [6.07, 6.45) is 1.80. The van der Waals surface area contributed by atoms with Crippen molar-refractivity contribution in [2.24, 2.45) is 0 Å². The second-order valence-corrected chi connectivity index (χ2v) is 8.83. The van der Waals surface area contributed by atoms with Crippen LogP contribution in [0, 0.1) is 0 Å². The van der Waals surface area contributed by atoms with Gasteiger partial charge in [-0.25, -0.2) is 0 Å². The van der Waals surface area contributed by atoms with E-state index in [0.29, 0.717) is 15.0 Å². The normalized spacial score (nSPS) is 11.1. The van der Waals surface area contributed by atoms with Crippen molar-refractivity contribution in [1.29, 1.82) is 0 Å². The minimum absolute atomic E-state index is 0.224. The van der Waals surface area contributed by atoms with Gasteiger partial charge in [-0.1, -0.05) is 112 Å². The van der Waals surface area contributed by atoms with E-state index in [1.54, 1.807) is 0 Å². The van der Waals surface area contributed by atoms with Gasteiger partial charge in [0.05, 0.1) is 0 Å². The lowest BCUT2D eigenvalue weighted by Gasteiger charge is -2.20. The molecule has 0 aliphatic rings. The lowest BCUT2D eigenvalue weighted by molar-refractivity contribution is -0.137. The van der Waals surface area contributed by atoms with Crippen molar-refractivity contribution in [3.05, 3.63) is 103 Å². The highest BCUT2D eigenvalue weighted by atomic mass is 31.1. The maximum Gasteiger partial charge on any atom is 0.303 e. The van der Waals surface area contributed by atoms with Crippen LogP contribution < -0.4 is 5.30 Å². The van der Waals surface area contributed by atoms with E-state index in [-0.39, 0.29) is 6.42 Å². The minimum atomic E-state index is -0.725. The molecule has 0 heterocycles. The van der Waals surface area contributed by atoms with E-state index in [0.717, 1.165) is 6.16 Å². The third-order valence-electron chi connectivity index (χ3n) is 5.30. The van der Waals surface area contributed by atoms with E-state index in [2.05, 4.69) is 84.9 Å². The molecular formula is C28H25O2P. The summed E-state index contributed by atoms with van der Waals surface area (Å²) >= 11 is 0. The minimum Gasteiger partial charge on any atom is -0.481 e. The average Bonchev–Trinajstić information content (AvgIpc) is 2.83. The molecule has 154 valence electrons. The van der Waals surface area contributed by atoms with Crippen LogP contribution in [-0.2, 0) is 4.79 Å². The van der Waals surface area contributed by atoms with Gasteiger partial charge in [0.25, 0.3) is 0 Å². The van der Waals surface area contributed by atoms with Crippen LogP contribution in [0.1, 0.15) is 12.8 Å². The molecule has 0 aliphatic carbocycles. The average molecular weight is 424 g/mol. The first-order valence-corrected chi connectivity index (χ1v) is 11.7. The molecule has 0 bridgehead atoms. The summed E-state index contributed by atoms with van der Waals surface area (Å²) in [5, 5.41) is 10.3. The third-order valence-corrected chi connectivity index (χ3v) is 6.70. The zero-order chi connectivity index (χ0) is 21.5. The van der Waals surface area contributed by atoms with Crippen molar-refractivity contribution in [2.75, 3.05) is 6.16 Å². The summed E-state index contributed by atoms with van der Waals surface area (Å²) in [5.74, 6) is -0.725. The molecule has 0 aliphatic heterocycles. The van der Waals surface area contributed by atoms with Crippen LogP contribution in [0.3, 0.4) is 0 Å². The van der Waals surface area contributed by atoms with Crippen LogP contribution in [0.4, 0.5) is 0 Å². The maximum atomic E-state index is 10.9. The van der Waals surface area contributed by atoms with E-state index in [9.17, 15) is 4.79 Å². The molecule has 0 saturated carbocycles. The van der Waals surface area contributed by atoms with Crippen LogP contribution >= 0.6 is 8.58 Å². The molecule has 4 aromatic rings. The van der Waals surface area contributed by atoms with Crippen molar-refractivity contribution in [2.45, 2.75) is 12.8 Å². The summed E-state index contributed by atoms with van der Waals surface area (Å²) in [6.45, 7) is 0. The largest absolute Gasteiger partial charge is 0.481 e. The number of rotatable bonds is 8. The highest BCUT2D eigenvalue weighted by molar-refractivity contribution is 7.47. The highest BCUT2D eigenvalue weighted by Crippen LogP contribution is 2.41. The van der Waals surface area contributed by atoms with E-state index in [1.807, 2.05) is 18.2 Å². The lowest BCUT2D eigenvalue weighted by Crippen LogP contribution is -2.06. The molecule has 3 heteroatoms. The number of hydrogen-bond acceptors (Lipinski definition) is 1. The summed E-state index contributed by atoms with van der Waals surface area (Å²) in [5.41, 5.74) is 7.28. The van der Waals surface area contributed by atoms with Gasteiger partial charge in [0, 0.05) is 6.42 Å². The molecule has 0 spiro atoms. The standard InChI is InChI=1S/C28H25O2P/c29-26(30)17-10-20-31-25-19-18-24(21-11-4-1-5-12-21)27(22-13-6-2-7-14-22)28(25)23-15-8-3-9-16-23/h1-9,11-16,18-19,31H,10,17,20H2,(H,29,30). The van der Waals surface area contributed by atoms with Gasteiger partial charge in [0.1, 0.15) is 0 Å². The zero-order valence-corrected chi connectivity index (χ0v) is 18.3. The molecule has 1 unspecified atom stereocenters. The predicted octanol–water partition coefficient (Wildman–Crippen LogP) is 6.86. The Morgan fingerprint density at radius 2 is 1.16 bits per heavy atom. The summed E-state index contributed by atoms with van der Waals surface area (Å²) in [4.78, 5) is 10.9. The fraction of sp³-hybridized carbons (Fsp3) is 0.107. The van der Waals surface area contributed by atoms with Crippen LogP contribution in [0.25, 0.3) is 33.4 Å². The van der Waals surface area contributed by atoms with Crippen LogP contribution in [0.5, 0.6) is 0 Å². The number of carboxylic acid groups (broad SMARTS) is 1. The Labute approximate surface area is 185 Å². The van der Waals surface area contributed by atoms with Gasteiger partial charge in [-0.2, -0.15) is 0 Å². The Morgan fingerprint density at radius 1 is 0.645 bits per heavy atom. The molecule has 0 radical (unpaired) electrons. The van der Waals surface area contributed by atoms with Crippen molar-refractivity contribution in [3.63, 3.8) is 0 Å².